The molecular formula is C13H16F2N4. The second-order valence-corrected chi connectivity index (χ2v) is 4.26. The standard InChI is InChI=1S/C13H16F2N4/c1-3-19-10(6-7-17-19)13(18-16)11-9(14)5-4-8(2)12(11)15/h4-7,13,18H,3,16H2,1-2H3. The van der Waals surface area contributed by atoms with E-state index in [0.29, 0.717) is 17.8 Å². The molecule has 0 saturated heterocycles. The van der Waals surface area contributed by atoms with E-state index in [0.717, 1.165) is 0 Å². The maximum absolute atomic E-state index is 14.2. The number of aryl methyl sites for hydroxylation is 2. The molecule has 19 heavy (non-hydrogen) atoms. The van der Waals surface area contributed by atoms with E-state index in [2.05, 4.69) is 10.5 Å². The molecule has 0 saturated carbocycles. The van der Waals surface area contributed by atoms with Crippen molar-refractivity contribution in [2.24, 2.45) is 5.84 Å². The predicted octanol–water partition coefficient (Wildman–Crippen LogP) is 2.04. The zero-order chi connectivity index (χ0) is 14.0. The lowest BCUT2D eigenvalue weighted by atomic mass is 10.0. The van der Waals surface area contributed by atoms with Gasteiger partial charge >= 0.3 is 0 Å². The first-order chi connectivity index (χ1) is 9.10. The summed E-state index contributed by atoms with van der Waals surface area (Å²) in [4.78, 5) is 0. The van der Waals surface area contributed by atoms with Gasteiger partial charge < -0.3 is 0 Å². The van der Waals surface area contributed by atoms with Gasteiger partial charge in [-0.3, -0.25) is 10.5 Å². The van der Waals surface area contributed by atoms with Crippen molar-refractivity contribution in [3.8, 4) is 0 Å². The van der Waals surface area contributed by atoms with Gasteiger partial charge in [-0.05, 0) is 31.5 Å². The molecule has 2 aromatic rings. The van der Waals surface area contributed by atoms with E-state index in [4.69, 9.17) is 5.84 Å². The Morgan fingerprint density at radius 2 is 2.11 bits per heavy atom. The molecule has 1 atom stereocenters. The minimum atomic E-state index is -0.776. The Bertz CT molecular complexity index is 580. The van der Waals surface area contributed by atoms with Crippen LogP contribution in [0, 0.1) is 18.6 Å². The third-order valence-electron chi connectivity index (χ3n) is 3.12. The van der Waals surface area contributed by atoms with Crippen LogP contribution in [0.5, 0.6) is 0 Å². The van der Waals surface area contributed by atoms with Crippen molar-refractivity contribution in [3.63, 3.8) is 0 Å². The van der Waals surface area contributed by atoms with Gasteiger partial charge in [0.05, 0.1) is 11.7 Å². The van der Waals surface area contributed by atoms with Crippen LogP contribution < -0.4 is 11.3 Å². The molecule has 0 spiro atoms. The second kappa shape index (κ2) is 5.46. The molecule has 0 amide bonds. The van der Waals surface area contributed by atoms with Crippen LogP contribution in [-0.4, -0.2) is 9.78 Å². The van der Waals surface area contributed by atoms with Crippen molar-refractivity contribution < 1.29 is 8.78 Å². The Labute approximate surface area is 110 Å². The zero-order valence-electron chi connectivity index (χ0n) is 10.8. The largest absolute Gasteiger partial charge is 0.271 e. The Hall–Kier alpha value is -1.79. The van der Waals surface area contributed by atoms with Gasteiger partial charge in [0, 0.05) is 18.3 Å². The van der Waals surface area contributed by atoms with Crippen LogP contribution in [0.3, 0.4) is 0 Å². The third-order valence-corrected chi connectivity index (χ3v) is 3.12. The Morgan fingerprint density at radius 1 is 1.37 bits per heavy atom. The van der Waals surface area contributed by atoms with Crippen molar-refractivity contribution in [1.29, 1.82) is 0 Å². The predicted molar refractivity (Wildman–Crippen MR) is 68.2 cm³/mol. The fourth-order valence-electron chi connectivity index (χ4n) is 2.11. The van der Waals surface area contributed by atoms with E-state index in [1.165, 1.54) is 12.1 Å². The van der Waals surface area contributed by atoms with Crippen LogP contribution in [-0.2, 0) is 6.54 Å². The van der Waals surface area contributed by atoms with Gasteiger partial charge in [0.25, 0.3) is 0 Å². The maximum atomic E-state index is 14.2. The number of nitrogens with one attached hydrogen (secondary N) is 1. The Morgan fingerprint density at radius 3 is 2.74 bits per heavy atom. The molecule has 3 N–H and O–H groups in total. The van der Waals surface area contributed by atoms with E-state index < -0.39 is 17.7 Å². The van der Waals surface area contributed by atoms with Crippen LogP contribution in [0.1, 0.15) is 29.8 Å². The maximum Gasteiger partial charge on any atom is 0.134 e. The summed E-state index contributed by atoms with van der Waals surface area (Å²) in [6.07, 6.45) is 1.58. The van der Waals surface area contributed by atoms with Gasteiger partial charge in [0.1, 0.15) is 11.6 Å². The number of nitrogens with two attached hydrogens (primary N) is 1. The van der Waals surface area contributed by atoms with Gasteiger partial charge in [0.15, 0.2) is 0 Å². The number of aromatic nitrogens is 2. The number of benzene rings is 1. The van der Waals surface area contributed by atoms with Crippen LogP contribution in [0.15, 0.2) is 24.4 Å². The number of hydrogen-bond donors (Lipinski definition) is 2. The van der Waals surface area contributed by atoms with Gasteiger partial charge in [-0.1, -0.05) is 6.07 Å². The molecule has 0 aliphatic carbocycles. The number of rotatable bonds is 4. The quantitative estimate of drug-likeness (QED) is 0.657. The minimum absolute atomic E-state index is 0.0855. The molecule has 0 fully saturated rings. The van der Waals surface area contributed by atoms with Crippen molar-refractivity contribution in [2.45, 2.75) is 26.4 Å². The van der Waals surface area contributed by atoms with Crippen LogP contribution >= 0.6 is 0 Å². The van der Waals surface area contributed by atoms with E-state index >= 15 is 0 Å². The summed E-state index contributed by atoms with van der Waals surface area (Å²) in [6.45, 7) is 4.07. The smallest absolute Gasteiger partial charge is 0.134 e. The second-order valence-electron chi connectivity index (χ2n) is 4.26. The number of hydrazine groups is 1. The van der Waals surface area contributed by atoms with Crippen LogP contribution in [0.25, 0.3) is 0 Å². The van der Waals surface area contributed by atoms with Crippen molar-refractivity contribution in [2.75, 3.05) is 0 Å². The third kappa shape index (κ3) is 2.36. The molecular weight excluding hydrogens is 250 g/mol. The molecule has 1 aromatic heterocycles. The highest BCUT2D eigenvalue weighted by molar-refractivity contribution is 5.34. The Kier molecular flexibility index (Phi) is 3.92. The molecule has 102 valence electrons. The highest BCUT2D eigenvalue weighted by Gasteiger charge is 2.24. The lowest BCUT2D eigenvalue weighted by Crippen LogP contribution is -2.32. The molecule has 6 heteroatoms. The Balaban J connectivity index is 2.58. The SMILES string of the molecule is CCn1nccc1C(NN)c1c(F)ccc(C)c1F. The lowest BCUT2D eigenvalue weighted by molar-refractivity contribution is 0.481. The molecule has 1 aromatic carbocycles. The van der Waals surface area contributed by atoms with Gasteiger partial charge in [-0.25, -0.2) is 14.2 Å². The van der Waals surface area contributed by atoms with Crippen LogP contribution in [0.4, 0.5) is 8.78 Å². The molecule has 0 bridgehead atoms. The zero-order valence-corrected chi connectivity index (χ0v) is 10.8. The molecule has 0 aliphatic heterocycles. The van der Waals surface area contributed by atoms with Gasteiger partial charge in [-0.2, -0.15) is 5.10 Å². The summed E-state index contributed by atoms with van der Waals surface area (Å²) in [5.74, 6) is 4.26. The fraction of sp³-hybridized carbons (Fsp3) is 0.308. The number of halogens is 2. The van der Waals surface area contributed by atoms with Crippen molar-refractivity contribution in [3.05, 3.63) is 52.9 Å². The van der Waals surface area contributed by atoms with E-state index in [-0.39, 0.29) is 5.56 Å². The number of hydrogen-bond acceptors (Lipinski definition) is 3. The highest BCUT2D eigenvalue weighted by atomic mass is 19.1. The van der Waals surface area contributed by atoms with E-state index in [1.807, 2.05) is 6.92 Å². The molecule has 4 nitrogen and oxygen atoms in total. The topological polar surface area (TPSA) is 55.9 Å². The molecule has 1 heterocycles. The molecule has 0 radical (unpaired) electrons. The summed E-state index contributed by atoms with van der Waals surface area (Å²) in [5.41, 5.74) is 3.37. The first kappa shape index (κ1) is 13.6. The normalized spacial score (nSPS) is 12.7. The average Bonchev–Trinajstić information content (AvgIpc) is 2.87. The first-order valence-corrected chi connectivity index (χ1v) is 6.02. The van der Waals surface area contributed by atoms with Gasteiger partial charge in [-0.15, -0.1) is 0 Å². The van der Waals surface area contributed by atoms with E-state index in [1.54, 1.807) is 23.9 Å². The summed E-state index contributed by atoms with van der Waals surface area (Å²) in [6, 6.07) is 3.56. The highest BCUT2D eigenvalue weighted by Crippen LogP contribution is 2.27. The molecule has 1 unspecified atom stereocenters. The lowest BCUT2D eigenvalue weighted by Gasteiger charge is -2.19. The van der Waals surface area contributed by atoms with Crippen molar-refractivity contribution in [1.82, 2.24) is 15.2 Å². The van der Waals surface area contributed by atoms with Crippen molar-refractivity contribution >= 4 is 0 Å². The number of nitrogens with zero attached hydrogens (tertiary/aromatic N) is 2. The summed E-state index contributed by atoms with van der Waals surface area (Å²) in [5, 5.41) is 4.09. The van der Waals surface area contributed by atoms with Gasteiger partial charge in [0.2, 0.25) is 0 Å². The summed E-state index contributed by atoms with van der Waals surface area (Å²) in [7, 11) is 0. The minimum Gasteiger partial charge on any atom is -0.271 e. The average molecular weight is 266 g/mol. The first-order valence-electron chi connectivity index (χ1n) is 6.02. The monoisotopic (exact) mass is 266 g/mol. The van der Waals surface area contributed by atoms with Crippen LogP contribution in [0.2, 0.25) is 0 Å². The molecule has 2 rings (SSSR count). The summed E-state index contributed by atoms with van der Waals surface area (Å²) >= 11 is 0. The van der Waals surface area contributed by atoms with E-state index in [9.17, 15) is 8.78 Å². The fourth-order valence-corrected chi connectivity index (χ4v) is 2.11. The summed E-state index contributed by atoms with van der Waals surface area (Å²) < 4.78 is 29.7. The molecule has 0 aliphatic rings.